The number of hydrogen-bond acceptors (Lipinski definition) is 2. The lowest BCUT2D eigenvalue weighted by Gasteiger charge is -2.44. The summed E-state index contributed by atoms with van der Waals surface area (Å²) >= 11 is 0. The largest absolute Gasteiger partial charge is 0.481 e. The molecule has 2 atom stereocenters. The Bertz CT molecular complexity index is 414. The lowest BCUT2D eigenvalue weighted by Crippen LogP contribution is -2.53. The molecule has 0 spiro atoms. The van der Waals surface area contributed by atoms with E-state index < -0.39 is 5.97 Å². The SMILES string of the molecule is CCNC1(CC(=O)O)CCCCC1c1ccccc1. The minimum absolute atomic E-state index is 0.209. The number of hydrogen-bond donors (Lipinski definition) is 2. The van der Waals surface area contributed by atoms with Crippen LogP contribution in [-0.2, 0) is 4.79 Å². The molecule has 1 fully saturated rings. The number of carbonyl (C=O) groups is 1. The summed E-state index contributed by atoms with van der Waals surface area (Å²) in [6, 6.07) is 10.4. The van der Waals surface area contributed by atoms with Crippen molar-refractivity contribution < 1.29 is 9.90 Å². The average molecular weight is 261 g/mol. The number of aliphatic carboxylic acids is 1. The van der Waals surface area contributed by atoms with E-state index in [1.165, 1.54) is 12.0 Å². The molecular formula is C16H23NO2. The fraction of sp³-hybridized carbons (Fsp3) is 0.562. The fourth-order valence-corrected chi connectivity index (χ4v) is 3.52. The molecule has 0 saturated heterocycles. The maximum atomic E-state index is 11.3. The van der Waals surface area contributed by atoms with Gasteiger partial charge in [0.2, 0.25) is 0 Å². The van der Waals surface area contributed by atoms with Crippen LogP contribution in [0.15, 0.2) is 30.3 Å². The van der Waals surface area contributed by atoms with E-state index in [-0.39, 0.29) is 12.0 Å². The van der Waals surface area contributed by atoms with E-state index in [0.29, 0.717) is 5.92 Å². The first kappa shape index (κ1) is 14.1. The summed E-state index contributed by atoms with van der Waals surface area (Å²) in [7, 11) is 0. The third kappa shape index (κ3) is 3.16. The van der Waals surface area contributed by atoms with Gasteiger partial charge in [-0.2, -0.15) is 0 Å². The van der Waals surface area contributed by atoms with Gasteiger partial charge in [-0.3, -0.25) is 4.79 Å². The Morgan fingerprint density at radius 1 is 1.37 bits per heavy atom. The summed E-state index contributed by atoms with van der Waals surface area (Å²) in [4.78, 5) is 11.3. The minimum Gasteiger partial charge on any atom is -0.481 e. The van der Waals surface area contributed by atoms with Crippen molar-refractivity contribution in [3.8, 4) is 0 Å². The highest BCUT2D eigenvalue weighted by Gasteiger charge is 2.42. The Morgan fingerprint density at radius 3 is 2.74 bits per heavy atom. The van der Waals surface area contributed by atoms with E-state index in [1.54, 1.807) is 0 Å². The molecule has 1 aliphatic rings. The Hall–Kier alpha value is -1.35. The van der Waals surface area contributed by atoms with Gasteiger partial charge in [-0.1, -0.05) is 50.1 Å². The summed E-state index contributed by atoms with van der Waals surface area (Å²) < 4.78 is 0. The number of likely N-dealkylation sites (N-methyl/N-ethyl adjacent to an activating group) is 1. The highest BCUT2D eigenvalue weighted by Crippen LogP contribution is 2.42. The number of rotatable bonds is 5. The predicted molar refractivity (Wildman–Crippen MR) is 76.3 cm³/mol. The molecule has 3 nitrogen and oxygen atoms in total. The molecule has 3 heteroatoms. The molecule has 104 valence electrons. The normalized spacial score (nSPS) is 27.1. The van der Waals surface area contributed by atoms with Crippen LogP contribution in [0.2, 0.25) is 0 Å². The van der Waals surface area contributed by atoms with Crippen molar-refractivity contribution in [3.63, 3.8) is 0 Å². The summed E-state index contributed by atoms with van der Waals surface area (Å²) in [5, 5.41) is 12.8. The van der Waals surface area contributed by atoms with Crippen molar-refractivity contribution in [2.45, 2.75) is 50.5 Å². The zero-order valence-corrected chi connectivity index (χ0v) is 11.6. The van der Waals surface area contributed by atoms with E-state index in [2.05, 4.69) is 24.4 Å². The van der Waals surface area contributed by atoms with Crippen molar-refractivity contribution in [3.05, 3.63) is 35.9 Å². The van der Waals surface area contributed by atoms with E-state index >= 15 is 0 Å². The van der Waals surface area contributed by atoms with Crippen LogP contribution in [0.4, 0.5) is 0 Å². The zero-order chi connectivity index (χ0) is 13.7. The topological polar surface area (TPSA) is 49.3 Å². The number of benzene rings is 1. The van der Waals surface area contributed by atoms with Crippen LogP contribution in [0.25, 0.3) is 0 Å². The molecule has 1 aromatic carbocycles. The van der Waals surface area contributed by atoms with Crippen molar-refractivity contribution in [2.75, 3.05) is 6.54 Å². The molecule has 2 rings (SSSR count). The van der Waals surface area contributed by atoms with E-state index in [9.17, 15) is 9.90 Å². The Morgan fingerprint density at radius 2 is 2.11 bits per heavy atom. The second kappa shape index (κ2) is 6.20. The number of carboxylic acids is 1. The van der Waals surface area contributed by atoms with E-state index in [4.69, 9.17) is 0 Å². The monoisotopic (exact) mass is 261 g/mol. The van der Waals surface area contributed by atoms with Gasteiger partial charge in [0, 0.05) is 11.5 Å². The van der Waals surface area contributed by atoms with Crippen molar-refractivity contribution in [2.24, 2.45) is 0 Å². The van der Waals surface area contributed by atoms with Gasteiger partial charge in [0.15, 0.2) is 0 Å². The quantitative estimate of drug-likeness (QED) is 0.856. The maximum Gasteiger partial charge on any atom is 0.305 e. The van der Waals surface area contributed by atoms with Crippen LogP contribution in [-0.4, -0.2) is 23.2 Å². The van der Waals surface area contributed by atoms with Crippen LogP contribution in [0.3, 0.4) is 0 Å². The Kier molecular flexibility index (Phi) is 4.59. The molecule has 0 radical (unpaired) electrons. The lowest BCUT2D eigenvalue weighted by molar-refractivity contribution is -0.139. The van der Waals surface area contributed by atoms with Crippen molar-refractivity contribution >= 4 is 5.97 Å². The van der Waals surface area contributed by atoms with Crippen LogP contribution >= 0.6 is 0 Å². The third-order valence-corrected chi connectivity index (χ3v) is 4.23. The Balaban J connectivity index is 2.33. The van der Waals surface area contributed by atoms with Gasteiger partial charge >= 0.3 is 5.97 Å². The van der Waals surface area contributed by atoms with Gasteiger partial charge in [0.05, 0.1) is 6.42 Å². The molecule has 1 saturated carbocycles. The van der Waals surface area contributed by atoms with Crippen molar-refractivity contribution in [1.82, 2.24) is 5.32 Å². The summed E-state index contributed by atoms with van der Waals surface area (Å²) in [5.41, 5.74) is 0.990. The third-order valence-electron chi connectivity index (χ3n) is 4.23. The average Bonchev–Trinajstić information content (AvgIpc) is 2.39. The van der Waals surface area contributed by atoms with Crippen molar-refractivity contribution in [1.29, 1.82) is 0 Å². The smallest absolute Gasteiger partial charge is 0.305 e. The molecule has 0 aliphatic heterocycles. The molecule has 1 aliphatic carbocycles. The van der Waals surface area contributed by atoms with E-state index in [0.717, 1.165) is 25.8 Å². The summed E-state index contributed by atoms with van der Waals surface area (Å²) in [6.45, 7) is 2.87. The van der Waals surface area contributed by atoms with Gasteiger partial charge in [0.1, 0.15) is 0 Å². The van der Waals surface area contributed by atoms with Gasteiger partial charge in [-0.05, 0) is 24.9 Å². The number of nitrogens with one attached hydrogen (secondary N) is 1. The molecule has 19 heavy (non-hydrogen) atoms. The maximum absolute atomic E-state index is 11.3. The molecule has 2 N–H and O–H groups in total. The lowest BCUT2D eigenvalue weighted by atomic mass is 9.68. The van der Waals surface area contributed by atoms with Gasteiger partial charge in [-0.25, -0.2) is 0 Å². The van der Waals surface area contributed by atoms with Crippen LogP contribution in [0.1, 0.15) is 50.5 Å². The second-order valence-electron chi connectivity index (χ2n) is 5.47. The fourth-order valence-electron chi connectivity index (χ4n) is 3.52. The highest BCUT2D eigenvalue weighted by atomic mass is 16.4. The van der Waals surface area contributed by atoms with Gasteiger partial charge < -0.3 is 10.4 Å². The zero-order valence-electron chi connectivity index (χ0n) is 11.6. The molecule has 1 aromatic rings. The van der Waals surface area contributed by atoms with Crippen LogP contribution in [0, 0.1) is 0 Å². The first-order chi connectivity index (χ1) is 9.18. The standard InChI is InChI=1S/C16H23NO2/c1-2-17-16(12-15(18)19)11-7-6-10-14(16)13-8-4-3-5-9-13/h3-5,8-9,14,17H,2,6-7,10-12H2,1H3,(H,18,19). The van der Waals surface area contributed by atoms with Gasteiger partial charge in [-0.15, -0.1) is 0 Å². The summed E-state index contributed by atoms with van der Waals surface area (Å²) in [5.74, 6) is -0.401. The molecule has 2 unspecified atom stereocenters. The second-order valence-corrected chi connectivity index (χ2v) is 5.47. The molecule has 0 aromatic heterocycles. The molecule has 0 heterocycles. The molecule has 0 bridgehead atoms. The number of carboxylic acid groups (broad SMARTS) is 1. The van der Waals surface area contributed by atoms with Crippen LogP contribution < -0.4 is 5.32 Å². The first-order valence-corrected chi connectivity index (χ1v) is 7.20. The van der Waals surface area contributed by atoms with Gasteiger partial charge in [0.25, 0.3) is 0 Å². The first-order valence-electron chi connectivity index (χ1n) is 7.20. The predicted octanol–water partition coefficient (Wildman–Crippen LogP) is 3.17. The molecule has 0 amide bonds. The van der Waals surface area contributed by atoms with Crippen LogP contribution in [0.5, 0.6) is 0 Å². The minimum atomic E-state index is -0.705. The van der Waals surface area contributed by atoms with E-state index in [1.807, 2.05) is 18.2 Å². The highest BCUT2D eigenvalue weighted by molar-refractivity contribution is 5.69. The molecular weight excluding hydrogens is 238 g/mol. The Labute approximate surface area is 115 Å². The summed E-state index contributed by atoms with van der Waals surface area (Å²) in [6.07, 6.45) is 4.54.